The first-order valence-corrected chi connectivity index (χ1v) is 7.11. The van der Waals surface area contributed by atoms with Crippen LogP contribution in [-0.4, -0.2) is 25.1 Å². The lowest BCUT2D eigenvalue weighted by Gasteiger charge is -2.18. The van der Waals surface area contributed by atoms with Crippen LogP contribution in [0.3, 0.4) is 0 Å². The molecular formula is C17H14NO5-. The van der Waals surface area contributed by atoms with Crippen LogP contribution in [0.2, 0.25) is 0 Å². The average molecular weight is 312 g/mol. The second-order valence-electron chi connectivity index (χ2n) is 5.03. The highest BCUT2D eigenvalue weighted by Gasteiger charge is 2.14. The lowest BCUT2D eigenvalue weighted by atomic mass is 10.1. The van der Waals surface area contributed by atoms with Crippen LogP contribution in [0.25, 0.3) is 0 Å². The van der Waals surface area contributed by atoms with E-state index in [1.165, 1.54) is 12.1 Å². The molecule has 1 aliphatic heterocycles. The molecule has 1 N–H and O–H groups in total. The fraction of sp³-hybridized carbons (Fsp3) is 0.176. The third-order valence-electron chi connectivity index (χ3n) is 3.45. The van der Waals surface area contributed by atoms with E-state index in [-0.39, 0.29) is 11.5 Å². The Hall–Kier alpha value is -3.02. The molecule has 0 bridgehead atoms. The zero-order chi connectivity index (χ0) is 16.2. The second-order valence-corrected chi connectivity index (χ2v) is 5.03. The van der Waals surface area contributed by atoms with Crippen LogP contribution in [0.4, 0.5) is 0 Å². The van der Waals surface area contributed by atoms with Gasteiger partial charge in [-0.1, -0.05) is 24.3 Å². The van der Waals surface area contributed by atoms with Crippen molar-refractivity contribution >= 4 is 11.9 Å². The molecule has 2 aromatic rings. The standard InChI is InChI=1S/C17H15NO5/c19-16(13-5-6-14-15(9-13)23-8-7-22-14)18-10-11-1-3-12(4-2-11)17(20)21/h1-6,9H,7-8,10H2,(H,18,19)(H,20,21)/p-1. The molecule has 0 aromatic heterocycles. The van der Waals surface area contributed by atoms with Gasteiger partial charge in [0.1, 0.15) is 13.2 Å². The highest BCUT2D eigenvalue weighted by Crippen LogP contribution is 2.30. The molecule has 6 heteroatoms. The van der Waals surface area contributed by atoms with Gasteiger partial charge in [-0.2, -0.15) is 0 Å². The number of aromatic carboxylic acids is 1. The van der Waals surface area contributed by atoms with Crippen LogP contribution < -0.4 is 19.9 Å². The number of carboxylic acid groups (broad SMARTS) is 1. The van der Waals surface area contributed by atoms with Crippen molar-refractivity contribution in [2.24, 2.45) is 0 Å². The summed E-state index contributed by atoms with van der Waals surface area (Å²) in [5.41, 5.74) is 1.37. The SMILES string of the molecule is O=C([O-])c1ccc(CNC(=O)c2ccc3c(c2)OCCO3)cc1. The van der Waals surface area contributed by atoms with Gasteiger partial charge in [0.25, 0.3) is 5.91 Å². The summed E-state index contributed by atoms with van der Waals surface area (Å²) in [7, 11) is 0. The molecule has 118 valence electrons. The average Bonchev–Trinajstić information content (AvgIpc) is 2.59. The maximum Gasteiger partial charge on any atom is 0.251 e. The molecular weight excluding hydrogens is 298 g/mol. The zero-order valence-electron chi connectivity index (χ0n) is 12.2. The summed E-state index contributed by atoms with van der Waals surface area (Å²) < 4.78 is 10.9. The molecule has 0 unspecified atom stereocenters. The number of hydrogen-bond acceptors (Lipinski definition) is 5. The molecule has 0 spiro atoms. The minimum atomic E-state index is -1.23. The first-order chi connectivity index (χ1) is 11.1. The van der Waals surface area contributed by atoms with Gasteiger partial charge in [-0.15, -0.1) is 0 Å². The molecule has 0 saturated heterocycles. The van der Waals surface area contributed by atoms with E-state index in [9.17, 15) is 14.7 Å². The molecule has 0 fully saturated rings. The number of carbonyl (C=O) groups is 2. The van der Waals surface area contributed by atoms with Gasteiger partial charge in [-0.05, 0) is 29.3 Å². The number of amides is 1. The molecule has 1 aliphatic rings. The molecule has 23 heavy (non-hydrogen) atoms. The summed E-state index contributed by atoms with van der Waals surface area (Å²) in [5, 5.41) is 13.5. The molecule has 0 aliphatic carbocycles. The number of nitrogens with one attached hydrogen (secondary N) is 1. The third kappa shape index (κ3) is 3.42. The summed E-state index contributed by atoms with van der Waals surface area (Å²) in [5.74, 6) is -0.282. The number of benzene rings is 2. The quantitative estimate of drug-likeness (QED) is 0.900. The minimum absolute atomic E-state index is 0.104. The molecule has 6 nitrogen and oxygen atoms in total. The van der Waals surface area contributed by atoms with Crippen LogP contribution in [0, 0.1) is 0 Å². The van der Waals surface area contributed by atoms with Crippen molar-refractivity contribution in [2.75, 3.05) is 13.2 Å². The third-order valence-corrected chi connectivity index (χ3v) is 3.45. The van der Waals surface area contributed by atoms with Crippen molar-refractivity contribution in [3.63, 3.8) is 0 Å². The number of rotatable bonds is 4. The Labute approximate surface area is 132 Å². The largest absolute Gasteiger partial charge is 0.545 e. The Morgan fingerprint density at radius 1 is 0.957 bits per heavy atom. The molecule has 0 atom stereocenters. The Kier molecular flexibility index (Phi) is 4.14. The molecule has 0 radical (unpaired) electrons. The monoisotopic (exact) mass is 312 g/mol. The summed E-state index contributed by atoms with van der Waals surface area (Å²) in [6.45, 7) is 1.25. The van der Waals surface area contributed by atoms with Crippen LogP contribution >= 0.6 is 0 Å². The van der Waals surface area contributed by atoms with Gasteiger partial charge in [0.15, 0.2) is 11.5 Å². The van der Waals surface area contributed by atoms with E-state index in [2.05, 4.69) is 5.32 Å². The Bertz CT molecular complexity index is 739. The van der Waals surface area contributed by atoms with Crippen molar-refractivity contribution in [1.82, 2.24) is 5.32 Å². The molecule has 1 heterocycles. The first-order valence-electron chi connectivity index (χ1n) is 7.11. The Morgan fingerprint density at radius 3 is 2.30 bits per heavy atom. The number of hydrogen-bond donors (Lipinski definition) is 1. The van der Waals surface area contributed by atoms with E-state index in [0.29, 0.717) is 36.8 Å². The lowest BCUT2D eigenvalue weighted by molar-refractivity contribution is -0.255. The van der Waals surface area contributed by atoms with Crippen LogP contribution in [0.5, 0.6) is 11.5 Å². The normalized spacial score (nSPS) is 12.5. The number of carbonyl (C=O) groups excluding carboxylic acids is 2. The highest BCUT2D eigenvalue weighted by atomic mass is 16.6. The smallest absolute Gasteiger partial charge is 0.251 e. The summed E-state index contributed by atoms with van der Waals surface area (Å²) in [4.78, 5) is 22.8. The number of ether oxygens (including phenoxy) is 2. The van der Waals surface area contributed by atoms with Crippen molar-refractivity contribution < 1.29 is 24.2 Å². The fourth-order valence-electron chi connectivity index (χ4n) is 2.23. The summed E-state index contributed by atoms with van der Waals surface area (Å²) in [6, 6.07) is 11.2. The maximum absolute atomic E-state index is 12.2. The zero-order valence-corrected chi connectivity index (χ0v) is 12.2. The molecule has 1 amide bonds. The molecule has 3 rings (SSSR count). The highest BCUT2D eigenvalue weighted by molar-refractivity contribution is 5.94. The van der Waals surface area contributed by atoms with E-state index in [4.69, 9.17) is 9.47 Å². The molecule has 0 saturated carbocycles. The van der Waals surface area contributed by atoms with Gasteiger partial charge in [0.2, 0.25) is 0 Å². The van der Waals surface area contributed by atoms with Gasteiger partial charge in [-0.3, -0.25) is 4.79 Å². The first kappa shape index (κ1) is 14.9. The maximum atomic E-state index is 12.2. The molecule has 2 aromatic carbocycles. The second kappa shape index (κ2) is 6.39. The van der Waals surface area contributed by atoms with E-state index >= 15 is 0 Å². The summed E-state index contributed by atoms with van der Waals surface area (Å²) >= 11 is 0. The van der Waals surface area contributed by atoms with E-state index in [1.54, 1.807) is 30.3 Å². The topological polar surface area (TPSA) is 87.7 Å². The fourth-order valence-corrected chi connectivity index (χ4v) is 2.23. The van der Waals surface area contributed by atoms with E-state index in [1.807, 2.05) is 0 Å². The Morgan fingerprint density at radius 2 is 1.61 bits per heavy atom. The number of fused-ring (bicyclic) bond motifs is 1. The van der Waals surface area contributed by atoms with Crippen LogP contribution in [-0.2, 0) is 6.54 Å². The predicted octanol–water partition coefficient (Wildman–Crippen LogP) is 0.751. The minimum Gasteiger partial charge on any atom is -0.545 e. The van der Waals surface area contributed by atoms with Gasteiger partial charge in [0, 0.05) is 12.1 Å². The van der Waals surface area contributed by atoms with Gasteiger partial charge < -0.3 is 24.7 Å². The van der Waals surface area contributed by atoms with Crippen molar-refractivity contribution in [3.05, 3.63) is 59.2 Å². The van der Waals surface area contributed by atoms with E-state index < -0.39 is 5.97 Å². The van der Waals surface area contributed by atoms with Crippen LogP contribution in [0.1, 0.15) is 26.3 Å². The number of carboxylic acids is 1. The van der Waals surface area contributed by atoms with Gasteiger partial charge in [-0.25, -0.2) is 0 Å². The van der Waals surface area contributed by atoms with Gasteiger partial charge >= 0.3 is 0 Å². The van der Waals surface area contributed by atoms with Gasteiger partial charge in [0.05, 0.1) is 5.97 Å². The summed E-state index contributed by atoms with van der Waals surface area (Å²) in [6.07, 6.45) is 0. The van der Waals surface area contributed by atoms with Crippen molar-refractivity contribution in [1.29, 1.82) is 0 Å². The lowest BCUT2D eigenvalue weighted by Crippen LogP contribution is -2.24. The predicted molar refractivity (Wildman–Crippen MR) is 79.4 cm³/mol. The van der Waals surface area contributed by atoms with E-state index in [0.717, 1.165) is 5.56 Å². The van der Waals surface area contributed by atoms with Crippen molar-refractivity contribution in [2.45, 2.75) is 6.54 Å². The van der Waals surface area contributed by atoms with Crippen molar-refractivity contribution in [3.8, 4) is 11.5 Å². The van der Waals surface area contributed by atoms with Crippen LogP contribution in [0.15, 0.2) is 42.5 Å². The Balaban J connectivity index is 1.64.